The summed E-state index contributed by atoms with van der Waals surface area (Å²) in [5.41, 5.74) is 4.50. The summed E-state index contributed by atoms with van der Waals surface area (Å²) in [6.45, 7) is 8.13. The van der Waals surface area contributed by atoms with Gasteiger partial charge in [-0.05, 0) is 62.6 Å². The Hall–Kier alpha value is -2.15. The number of carbonyl (C=O) groups is 1. The Morgan fingerprint density at radius 3 is 2.64 bits per heavy atom. The third-order valence-electron chi connectivity index (χ3n) is 6.81. The molecule has 0 bridgehead atoms. The van der Waals surface area contributed by atoms with E-state index in [-0.39, 0.29) is 5.91 Å². The molecule has 2 aromatic rings. The average Bonchev–Trinajstić information content (AvgIpc) is 3.26. The van der Waals surface area contributed by atoms with E-state index in [1.807, 2.05) is 14.0 Å². The summed E-state index contributed by atoms with van der Waals surface area (Å²) in [6.07, 6.45) is 4.75. The van der Waals surface area contributed by atoms with E-state index in [2.05, 4.69) is 22.2 Å². The monoisotopic (exact) mass is 385 g/mol. The maximum Gasteiger partial charge on any atom is 0.242 e. The van der Waals surface area contributed by atoms with E-state index in [9.17, 15) is 4.79 Å². The molecule has 0 aromatic carbocycles. The molecule has 1 N–H and O–H groups in total. The lowest BCUT2D eigenvalue weighted by atomic mass is 9.78. The Morgan fingerprint density at radius 1 is 1.25 bits per heavy atom. The molecule has 1 spiro atoms. The van der Waals surface area contributed by atoms with Gasteiger partial charge in [-0.1, -0.05) is 0 Å². The van der Waals surface area contributed by atoms with Gasteiger partial charge in [0.25, 0.3) is 0 Å². The number of aryl methyl sites for hydroxylation is 3. The minimum absolute atomic E-state index is 0.262. The first-order chi connectivity index (χ1) is 13.4. The zero-order valence-electron chi connectivity index (χ0n) is 17.5. The number of amides is 1. The largest absolute Gasteiger partial charge is 0.479 e. The van der Waals surface area contributed by atoms with Gasteiger partial charge in [-0.3, -0.25) is 4.79 Å². The molecule has 0 atom stereocenters. The zero-order valence-corrected chi connectivity index (χ0v) is 17.5. The predicted octanol–water partition coefficient (Wildman–Crippen LogP) is 2.13. The highest BCUT2D eigenvalue weighted by Crippen LogP contribution is 2.37. The van der Waals surface area contributed by atoms with Crippen molar-refractivity contribution < 1.29 is 9.53 Å². The maximum absolute atomic E-state index is 12.8. The van der Waals surface area contributed by atoms with Crippen LogP contribution in [0.2, 0.25) is 0 Å². The molecule has 7 nitrogen and oxygen atoms in total. The number of hydrogen-bond acceptors (Lipinski definition) is 5. The van der Waals surface area contributed by atoms with Crippen molar-refractivity contribution in [1.29, 1.82) is 0 Å². The summed E-state index contributed by atoms with van der Waals surface area (Å²) >= 11 is 0. The number of rotatable bonds is 4. The minimum atomic E-state index is 0.262. The molecule has 2 aliphatic heterocycles. The van der Waals surface area contributed by atoms with Gasteiger partial charge in [0, 0.05) is 38.8 Å². The lowest BCUT2D eigenvalue weighted by molar-refractivity contribution is -0.133. The number of likely N-dealkylation sites (tertiary alicyclic amines) is 1. The second-order valence-electron chi connectivity index (χ2n) is 8.44. The van der Waals surface area contributed by atoms with Gasteiger partial charge < -0.3 is 15.0 Å². The highest BCUT2D eigenvalue weighted by atomic mass is 16.5. The van der Waals surface area contributed by atoms with Gasteiger partial charge in [-0.2, -0.15) is 0 Å². The van der Waals surface area contributed by atoms with Gasteiger partial charge in [0.1, 0.15) is 0 Å². The molecule has 152 valence electrons. The van der Waals surface area contributed by atoms with Crippen LogP contribution in [-0.4, -0.2) is 58.9 Å². The molecule has 0 radical (unpaired) electrons. The van der Waals surface area contributed by atoms with Crippen molar-refractivity contribution in [3.63, 3.8) is 0 Å². The second-order valence-corrected chi connectivity index (χ2v) is 8.44. The van der Waals surface area contributed by atoms with Crippen molar-refractivity contribution in [3.8, 4) is 5.88 Å². The zero-order chi connectivity index (χ0) is 19.9. The van der Waals surface area contributed by atoms with Crippen LogP contribution in [0.15, 0.2) is 0 Å². The molecule has 0 saturated carbocycles. The minimum Gasteiger partial charge on any atom is -0.479 e. The Labute approximate surface area is 166 Å². The van der Waals surface area contributed by atoms with E-state index in [4.69, 9.17) is 9.72 Å². The lowest BCUT2D eigenvalue weighted by Gasteiger charge is -2.39. The van der Waals surface area contributed by atoms with Crippen molar-refractivity contribution in [3.05, 3.63) is 16.8 Å². The molecule has 2 saturated heterocycles. The van der Waals surface area contributed by atoms with Crippen LogP contribution in [0.3, 0.4) is 0 Å². The van der Waals surface area contributed by atoms with Gasteiger partial charge in [0.2, 0.25) is 11.8 Å². The van der Waals surface area contributed by atoms with Gasteiger partial charge in [-0.25, -0.2) is 9.67 Å². The molecule has 0 unspecified atom stereocenters. The van der Waals surface area contributed by atoms with Crippen molar-refractivity contribution >= 4 is 16.9 Å². The van der Waals surface area contributed by atoms with Crippen LogP contribution in [0.1, 0.15) is 42.5 Å². The first kappa shape index (κ1) is 19.2. The first-order valence-corrected chi connectivity index (χ1v) is 10.3. The SMILES string of the molecule is COc1nn(C)c2nc(C)c(CCC(=O)N3CCC4(CCNC4)CC3)c(C)c12. The van der Waals surface area contributed by atoms with E-state index in [0.717, 1.165) is 66.9 Å². The fourth-order valence-corrected chi connectivity index (χ4v) is 4.95. The molecular weight excluding hydrogens is 354 g/mol. The maximum atomic E-state index is 12.8. The summed E-state index contributed by atoms with van der Waals surface area (Å²) in [6, 6.07) is 0. The third-order valence-corrected chi connectivity index (χ3v) is 6.81. The van der Waals surface area contributed by atoms with E-state index >= 15 is 0 Å². The number of carbonyl (C=O) groups excluding carboxylic acids is 1. The van der Waals surface area contributed by atoms with Gasteiger partial charge >= 0.3 is 0 Å². The molecule has 2 aliphatic rings. The predicted molar refractivity (Wildman–Crippen MR) is 109 cm³/mol. The number of methoxy groups -OCH3 is 1. The standard InChI is InChI=1S/C21H31N5O2/c1-14-16(15(2)23-19-18(14)20(28-4)24-25(19)3)5-6-17(27)26-11-8-21(9-12-26)7-10-22-13-21/h22H,5-13H2,1-4H3. The molecule has 2 aromatic heterocycles. The highest BCUT2D eigenvalue weighted by molar-refractivity contribution is 5.86. The van der Waals surface area contributed by atoms with E-state index in [1.54, 1.807) is 11.8 Å². The molecule has 0 aliphatic carbocycles. The van der Waals surface area contributed by atoms with Crippen molar-refractivity contribution in [2.24, 2.45) is 12.5 Å². The van der Waals surface area contributed by atoms with Crippen LogP contribution in [0.25, 0.3) is 11.0 Å². The van der Waals surface area contributed by atoms with Gasteiger partial charge in [-0.15, -0.1) is 5.10 Å². The number of nitrogens with zero attached hydrogens (tertiary/aromatic N) is 4. The molecule has 2 fully saturated rings. The normalized spacial score (nSPS) is 18.9. The molecule has 7 heteroatoms. The lowest BCUT2D eigenvalue weighted by Crippen LogP contribution is -2.44. The van der Waals surface area contributed by atoms with Crippen molar-refractivity contribution in [1.82, 2.24) is 25.0 Å². The van der Waals surface area contributed by atoms with Crippen molar-refractivity contribution in [2.75, 3.05) is 33.3 Å². The van der Waals surface area contributed by atoms with Crippen LogP contribution >= 0.6 is 0 Å². The molecule has 28 heavy (non-hydrogen) atoms. The van der Waals surface area contributed by atoms with E-state index in [1.165, 1.54) is 6.42 Å². The Balaban J connectivity index is 1.46. The summed E-state index contributed by atoms with van der Waals surface area (Å²) < 4.78 is 7.19. The fraction of sp³-hybridized carbons (Fsp3) is 0.667. The number of nitrogens with one attached hydrogen (secondary N) is 1. The third kappa shape index (κ3) is 3.26. The second kappa shape index (κ2) is 7.35. The van der Waals surface area contributed by atoms with Crippen LogP contribution in [0.5, 0.6) is 5.88 Å². The number of hydrogen-bond donors (Lipinski definition) is 1. The summed E-state index contributed by atoms with van der Waals surface area (Å²) in [5.74, 6) is 0.861. The first-order valence-electron chi connectivity index (χ1n) is 10.3. The Kier molecular flexibility index (Phi) is 5.04. The van der Waals surface area contributed by atoms with Gasteiger partial charge in [0.15, 0.2) is 5.65 Å². The molecule has 4 rings (SSSR count). The van der Waals surface area contributed by atoms with Crippen LogP contribution in [0, 0.1) is 19.3 Å². The van der Waals surface area contributed by atoms with E-state index < -0.39 is 0 Å². The Morgan fingerprint density at radius 2 is 2.00 bits per heavy atom. The quantitative estimate of drug-likeness (QED) is 0.873. The summed E-state index contributed by atoms with van der Waals surface area (Å²) in [7, 11) is 3.51. The average molecular weight is 386 g/mol. The Bertz CT molecular complexity index is 888. The molecule has 4 heterocycles. The summed E-state index contributed by atoms with van der Waals surface area (Å²) in [4.78, 5) is 19.6. The fourth-order valence-electron chi connectivity index (χ4n) is 4.95. The number of aromatic nitrogens is 3. The topological polar surface area (TPSA) is 72.3 Å². The number of pyridine rings is 1. The van der Waals surface area contributed by atoms with Crippen LogP contribution < -0.4 is 10.1 Å². The smallest absolute Gasteiger partial charge is 0.242 e. The summed E-state index contributed by atoms with van der Waals surface area (Å²) in [5, 5.41) is 8.84. The molecular formula is C21H31N5O2. The number of piperidine rings is 1. The number of fused-ring (bicyclic) bond motifs is 1. The van der Waals surface area contributed by atoms with Crippen LogP contribution in [-0.2, 0) is 18.3 Å². The van der Waals surface area contributed by atoms with E-state index in [0.29, 0.717) is 24.1 Å². The molecule has 1 amide bonds. The van der Waals surface area contributed by atoms with Gasteiger partial charge in [0.05, 0.1) is 12.5 Å². The highest BCUT2D eigenvalue weighted by Gasteiger charge is 2.37. The van der Waals surface area contributed by atoms with Crippen LogP contribution in [0.4, 0.5) is 0 Å². The van der Waals surface area contributed by atoms with Crippen molar-refractivity contribution in [2.45, 2.75) is 46.0 Å². The number of ether oxygens (including phenoxy) is 1.